The predicted molar refractivity (Wildman–Crippen MR) is 163 cm³/mol. The van der Waals surface area contributed by atoms with E-state index in [9.17, 15) is 18.5 Å². The maximum absolute atomic E-state index is 14.6. The van der Waals surface area contributed by atoms with Crippen LogP contribution in [-0.2, 0) is 21.4 Å². The van der Waals surface area contributed by atoms with Crippen molar-refractivity contribution in [1.29, 1.82) is 5.26 Å². The predicted octanol–water partition coefficient (Wildman–Crippen LogP) is 2.88. The fourth-order valence-electron chi connectivity index (χ4n) is 5.88. The van der Waals surface area contributed by atoms with Crippen LogP contribution in [0.25, 0.3) is 11.2 Å². The van der Waals surface area contributed by atoms with Crippen molar-refractivity contribution in [1.82, 2.24) is 23.9 Å². The molecule has 1 N–H and O–H groups in total. The summed E-state index contributed by atoms with van der Waals surface area (Å²) in [6, 6.07) is 11.2. The normalized spacial score (nSPS) is 18.3. The highest BCUT2D eigenvalue weighted by Crippen LogP contribution is 2.45. The lowest BCUT2D eigenvalue weighted by Crippen LogP contribution is -2.50. The average Bonchev–Trinajstić information content (AvgIpc) is 3.39. The van der Waals surface area contributed by atoms with Gasteiger partial charge in [0.25, 0.3) is 0 Å². The standard InChI is InChI=1S/C31H37N7O4S/c1-22(2)30(39)36-14-12-35(13-15-36)27-16-26(20-37-28(18-34-29(27)37)24-8-11-33-17-24)43(40,41)38(31(21-32)9-10-31)19-23-4-6-25(42-3)7-5-23/h4-8,16,18,20,22,33H,9-15,17,19H2,1-3H3. The van der Waals surface area contributed by atoms with Crippen LogP contribution in [0.2, 0.25) is 0 Å². The number of hydrogen-bond donors (Lipinski definition) is 1. The van der Waals surface area contributed by atoms with Gasteiger partial charge in [-0.15, -0.1) is 0 Å². The lowest BCUT2D eigenvalue weighted by atomic mass is 10.1. The van der Waals surface area contributed by atoms with Crippen LogP contribution in [0.1, 0.15) is 37.9 Å². The fourth-order valence-corrected chi connectivity index (χ4v) is 7.64. The zero-order valence-electron chi connectivity index (χ0n) is 24.8. The number of hydrogen-bond acceptors (Lipinski definition) is 8. The van der Waals surface area contributed by atoms with Crippen LogP contribution in [0.3, 0.4) is 0 Å². The first-order valence-corrected chi connectivity index (χ1v) is 16.1. The number of carbonyl (C=O) groups is 1. The molecule has 2 fully saturated rings. The Labute approximate surface area is 252 Å². The number of fused-ring (bicyclic) bond motifs is 1. The van der Waals surface area contributed by atoms with Crippen molar-refractivity contribution in [2.45, 2.75) is 43.7 Å². The molecule has 1 saturated carbocycles. The highest BCUT2D eigenvalue weighted by molar-refractivity contribution is 7.89. The van der Waals surface area contributed by atoms with Gasteiger partial charge in [0.2, 0.25) is 15.9 Å². The first kappa shape index (κ1) is 29.2. The third-order valence-electron chi connectivity index (χ3n) is 8.61. The van der Waals surface area contributed by atoms with Gasteiger partial charge in [0.1, 0.15) is 16.2 Å². The number of sulfonamides is 1. The van der Waals surface area contributed by atoms with Crippen LogP contribution >= 0.6 is 0 Å². The van der Waals surface area contributed by atoms with Gasteiger partial charge in [-0.05, 0) is 42.2 Å². The number of rotatable bonds is 9. The van der Waals surface area contributed by atoms with E-state index in [-0.39, 0.29) is 23.3 Å². The van der Waals surface area contributed by atoms with Gasteiger partial charge in [-0.25, -0.2) is 13.4 Å². The molecule has 12 heteroatoms. The van der Waals surface area contributed by atoms with Crippen molar-refractivity contribution in [3.63, 3.8) is 0 Å². The molecule has 0 atom stereocenters. The third-order valence-corrected chi connectivity index (χ3v) is 10.5. The Morgan fingerprint density at radius 3 is 2.49 bits per heavy atom. The van der Waals surface area contributed by atoms with Crippen LogP contribution in [0.15, 0.2) is 53.7 Å². The van der Waals surface area contributed by atoms with Gasteiger partial charge >= 0.3 is 0 Å². The molecule has 6 rings (SSSR count). The lowest BCUT2D eigenvalue weighted by Gasteiger charge is -2.37. The van der Waals surface area contributed by atoms with Gasteiger partial charge in [0, 0.05) is 57.9 Å². The van der Waals surface area contributed by atoms with Crippen LogP contribution in [0.5, 0.6) is 5.75 Å². The summed E-state index contributed by atoms with van der Waals surface area (Å²) in [6.45, 7) is 7.47. The largest absolute Gasteiger partial charge is 0.497 e. The molecule has 1 saturated heterocycles. The second-order valence-corrected chi connectivity index (χ2v) is 13.6. The van der Waals surface area contributed by atoms with Gasteiger partial charge in [0.05, 0.1) is 30.8 Å². The minimum absolute atomic E-state index is 0.0646. The van der Waals surface area contributed by atoms with Gasteiger partial charge in [-0.3, -0.25) is 9.20 Å². The topological polar surface area (TPSA) is 123 Å². The average molecular weight is 604 g/mol. The Hall–Kier alpha value is -3.92. The van der Waals surface area contributed by atoms with Crippen LogP contribution in [0, 0.1) is 17.2 Å². The summed E-state index contributed by atoms with van der Waals surface area (Å²) in [5, 5.41) is 13.5. The number of aromatic nitrogens is 2. The molecule has 1 aliphatic carbocycles. The van der Waals surface area contributed by atoms with E-state index in [1.54, 1.807) is 37.7 Å². The van der Waals surface area contributed by atoms with Crippen LogP contribution in [-0.4, -0.2) is 84.8 Å². The number of methoxy groups -OCH3 is 1. The van der Waals surface area contributed by atoms with Gasteiger partial charge < -0.3 is 19.9 Å². The summed E-state index contributed by atoms with van der Waals surface area (Å²) in [7, 11) is -2.54. The summed E-state index contributed by atoms with van der Waals surface area (Å²) in [5.74, 6) is 0.708. The Morgan fingerprint density at radius 1 is 1.19 bits per heavy atom. The molecule has 0 spiro atoms. The summed E-state index contributed by atoms with van der Waals surface area (Å²) in [4.78, 5) is 21.5. The van der Waals surface area contributed by atoms with Crippen molar-refractivity contribution in [2.75, 3.05) is 51.3 Å². The molecule has 0 unspecified atom stereocenters. The Morgan fingerprint density at radius 2 is 1.91 bits per heavy atom. The van der Waals surface area contributed by atoms with Crippen molar-refractivity contribution in [3.05, 3.63) is 60.1 Å². The maximum atomic E-state index is 14.6. The first-order valence-electron chi connectivity index (χ1n) is 14.7. The number of nitriles is 1. The highest BCUT2D eigenvalue weighted by Gasteiger charge is 2.54. The maximum Gasteiger partial charge on any atom is 0.246 e. The fraction of sp³-hybridized carbons (Fsp3) is 0.452. The van der Waals surface area contributed by atoms with E-state index < -0.39 is 15.6 Å². The molecule has 1 amide bonds. The number of benzene rings is 1. The number of pyridine rings is 1. The summed E-state index contributed by atoms with van der Waals surface area (Å²) in [6.07, 6.45) is 6.48. The number of amides is 1. The zero-order chi connectivity index (χ0) is 30.4. The van der Waals surface area contributed by atoms with Crippen molar-refractivity contribution in [2.24, 2.45) is 5.92 Å². The molecule has 11 nitrogen and oxygen atoms in total. The molecular formula is C31H37N7O4S. The van der Waals surface area contributed by atoms with E-state index >= 15 is 0 Å². The number of anilines is 1. The molecule has 4 heterocycles. The second-order valence-electron chi connectivity index (χ2n) is 11.7. The van der Waals surface area contributed by atoms with E-state index in [2.05, 4.69) is 22.4 Å². The van der Waals surface area contributed by atoms with E-state index in [0.29, 0.717) is 62.6 Å². The van der Waals surface area contributed by atoms with Gasteiger partial charge in [0.15, 0.2) is 5.65 Å². The van der Waals surface area contributed by atoms with Gasteiger partial charge in [-0.1, -0.05) is 32.1 Å². The first-order chi connectivity index (χ1) is 20.7. The monoisotopic (exact) mass is 603 g/mol. The molecule has 43 heavy (non-hydrogen) atoms. The van der Waals surface area contributed by atoms with Crippen LogP contribution < -0.4 is 15.0 Å². The summed E-state index contributed by atoms with van der Waals surface area (Å²) < 4.78 is 37.6. The number of imidazole rings is 1. The summed E-state index contributed by atoms with van der Waals surface area (Å²) >= 11 is 0. The zero-order valence-corrected chi connectivity index (χ0v) is 25.6. The van der Waals surface area contributed by atoms with Crippen molar-refractivity contribution in [3.8, 4) is 11.8 Å². The molecule has 3 aromatic rings. The molecule has 0 radical (unpaired) electrons. The smallest absolute Gasteiger partial charge is 0.246 e. The number of piperazine rings is 1. The Balaban J connectivity index is 1.43. The number of ether oxygens (including phenoxy) is 1. The summed E-state index contributed by atoms with van der Waals surface area (Å²) in [5.41, 5.74) is 2.91. The quantitative estimate of drug-likeness (QED) is 0.396. The Bertz CT molecular complexity index is 1710. The lowest BCUT2D eigenvalue weighted by molar-refractivity contribution is -0.134. The van der Waals surface area contributed by atoms with Crippen molar-refractivity contribution >= 4 is 32.8 Å². The molecule has 3 aliphatic rings. The molecular weight excluding hydrogens is 566 g/mol. The number of nitrogens with one attached hydrogen (secondary N) is 1. The van der Waals surface area contributed by atoms with E-state index in [1.807, 2.05) is 35.3 Å². The van der Waals surface area contributed by atoms with Crippen LogP contribution in [0.4, 0.5) is 5.69 Å². The number of nitrogens with zero attached hydrogens (tertiary/aromatic N) is 6. The number of carbonyl (C=O) groups excluding carboxylic acids is 1. The molecule has 2 aliphatic heterocycles. The Kier molecular flexibility index (Phi) is 7.66. The molecule has 1 aromatic carbocycles. The van der Waals surface area contributed by atoms with Crippen molar-refractivity contribution < 1.29 is 17.9 Å². The molecule has 0 bridgehead atoms. The van der Waals surface area contributed by atoms with E-state index in [0.717, 1.165) is 23.4 Å². The second kappa shape index (κ2) is 11.3. The highest BCUT2D eigenvalue weighted by atomic mass is 32.2. The minimum atomic E-state index is -4.12. The van der Waals surface area contributed by atoms with E-state index in [1.165, 1.54) is 4.31 Å². The molecule has 226 valence electrons. The minimum Gasteiger partial charge on any atom is -0.497 e. The third kappa shape index (κ3) is 5.37. The van der Waals surface area contributed by atoms with E-state index in [4.69, 9.17) is 9.72 Å². The SMILES string of the molecule is COc1ccc(CN(C2(C#N)CC2)S(=O)(=O)c2cc(N3CCN(C(=O)C(C)C)CC3)c3ncc(C4=CCNC4)n3c2)cc1. The molecule has 2 aromatic heterocycles. The van der Waals surface area contributed by atoms with Gasteiger partial charge in [-0.2, -0.15) is 9.57 Å².